The number of allylic oxidation sites excluding steroid dienone is 1. The van der Waals surface area contributed by atoms with Crippen LogP contribution in [0.15, 0.2) is 12.2 Å². The van der Waals surface area contributed by atoms with Crippen molar-refractivity contribution in [3.8, 4) is 0 Å². The summed E-state index contributed by atoms with van der Waals surface area (Å²) in [5, 5.41) is 0. The summed E-state index contributed by atoms with van der Waals surface area (Å²) in [5.41, 5.74) is 1.38. The van der Waals surface area contributed by atoms with E-state index in [-0.39, 0.29) is 0 Å². The summed E-state index contributed by atoms with van der Waals surface area (Å²) in [4.78, 5) is 9.87. The van der Waals surface area contributed by atoms with E-state index >= 15 is 0 Å². The van der Waals surface area contributed by atoms with Crippen LogP contribution in [0.25, 0.3) is 0 Å². The molecule has 0 aromatic heterocycles. The van der Waals surface area contributed by atoms with Gasteiger partial charge in [-0.2, -0.15) is 0 Å². The molecule has 1 rings (SSSR count). The highest BCUT2D eigenvalue weighted by molar-refractivity contribution is 5.49. The van der Waals surface area contributed by atoms with Crippen LogP contribution >= 0.6 is 0 Å². The van der Waals surface area contributed by atoms with E-state index in [1.807, 2.05) is 0 Å². The van der Waals surface area contributed by atoms with Gasteiger partial charge in [0.1, 0.15) is 6.29 Å². The van der Waals surface area contributed by atoms with E-state index in [0.29, 0.717) is 0 Å². The van der Waals surface area contributed by atoms with E-state index < -0.39 is 0 Å². The van der Waals surface area contributed by atoms with Gasteiger partial charge in [0.15, 0.2) is 0 Å². The summed E-state index contributed by atoms with van der Waals surface area (Å²) in [6.07, 6.45) is 5.15. The number of rotatable bonds is 4. The van der Waals surface area contributed by atoms with Crippen molar-refractivity contribution in [3.05, 3.63) is 12.2 Å². The van der Waals surface area contributed by atoms with Crippen molar-refractivity contribution in [2.75, 3.05) is 0 Å². The number of aldehydes is 1. The Kier molecular flexibility index (Phi) is 2.04. The predicted molar refractivity (Wildman–Crippen MR) is 37.2 cm³/mol. The molecule has 1 nitrogen and oxygen atoms in total. The van der Waals surface area contributed by atoms with E-state index in [0.717, 1.165) is 25.0 Å². The molecule has 9 heavy (non-hydrogen) atoms. The van der Waals surface area contributed by atoms with Crippen molar-refractivity contribution in [3.63, 3.8) is 0 Å². The van der Waals surface area contributed by atoms with Gasteiger partial charge in [0.05, 0.1) is 0 Å². The Balaban J connectivity index is 1.94. The van der Waals surface area contributed by atoms with Gasteiger partial charge in [-0.1, -0.05) is 12.2 Å². The molecule has 0 aliphatic heterocycles. The molecular formula is C8H12O. The number of unbranched alkanes of at least 4 members (excludes halogenated alkanes) is 1. The van der Waals surface area contributed by atoms with Crippen molar-refractivity contribution >= 4 is 6.29 Å². The molecular weight excluding hydrogens is 112 g/mol. The van der Waals surface area contributed by atoms with Crippen LogP contribution in [0, 0.1) is 5.92 Å². The summed E-state index contributed by atoms with van der Waals surface area (Å²) in [5.74, 6) is 0.768. The average Bonchev–Trinajstić information content (AvgIpc) is 2.48. The second-order valence-electron chi connectivity index (χ2n) is 2.66. The summed E-state index contributed by atoms with van der Waals surface area (Å²) >= 11 is 0. The number of hydrogen-bond donors (Lipinski definition) is 0. The Morgan fingerprint density at radius 3 is 2.89 bits per heavy atom. The number of carbonyl (C=O) groups excluding carboxylic acids is 1. The third kappa shape index (κ3) is 2.00. The SMILES string of the molecule is C=C1CC1CCCC=O. The van der Waals surface area contributed by atoms with Gasteiger partial charge in [0.25, 0.3) is 0 Å². The Bertz CT molecular complexity index is 127. The minimum absolute atomic E-state index is 0.726. The highest BCUT2D eigenvalue weighted by atomic mass is 16.1. The molecule has 1 saturated carbocycles. The summed E-state index contributed by atoms with van der Waals surface area (Å²) in [6.45, 7) is 3.84. The van der Waals surface area contributed by atoms with Gasteiger partial charge < -0.3 is 4.79 Å². The fourth-order valence-corrected chi connectivity index (χ4v) is 1.01. The molecule has 1 heteroatoms. The first-order valence-corrected chi connectivity index (χ1v) is 3.46. The molecule has 0 bridgehead atoms. The fourth-order valence-electron chi connectivity index (χ4n) is 1.01. The smallest absolute Gasteiger partial charge is 0.119 e. The van der Waals surface area contributed by atoms with Crippen molar-refractivity contribution in [1.29, 1.82) is 0 Å². The maximum absolute atomic E-state index is 9.87. The minimum Gasteiger partial charge on any atom is -0.303 e. The van der Waals surface area contributed by atoms with Crippen LogP contribution in [-0.2, 0) is 4.79 Å². The molecule has 0 heterocycles. The molecule has 0 spiro atoms. The molecule has 50 valence electrons. The summed E-state index contributed by atoms with van der Waals surface area (Å²) in [6, 6.07) is 0. The van der Waals surface area contributed by atoms with Crippen molar-refractivity contribution in [2.24, 2.45) is 5.92 Å². The molecule has 1 fully saturated rings. The lowest BCUT2D eigenvalue weighted by molar-refractivity contribution is -0.107. The van der Waals surface area contributed by atoms with Crippen LogP contribution in [0.2, 0.25) is 0 Å². The van der Waals surface area contributed by atoms with Crippen LogP contribution in [0.1, 0.15) is 25.7 Å². The maximum atomic E-state index is 9.87. The molecule has 0 aromatic rings. The highest BCUT2D eigenvalue weighted by Gasteiger charge is 2.25. The second-order valence-corrected chi connectivity index (χ2v) is 2.66. The van der Waals surface area contributed by atoms with Gasteiger partial charge in [-0.05, 0) is 25.2 Å². The van der Waals surface area contributed by atoms with Crippen LogP contribution in [-0.4, -0.2) is 6.29 Å². The quantitative estimate of drug-likeness (QED) is 0.318. The normalized spacial score (nSPS) is 24.0. The van der Waals surface area contributed by atoms with Crippen LogP contribution < -0.4 is 0 Å². The van der Waals surface area contributed by atoms with Gasteiger partial charge in [-0.15, -0.1) is 0 Å². The molecule has 0 amide bonds. The molecule has 1 aliphatic carbocycles. The third-order valence-corrected chi connectivity index (χ3v) is 1.80. The first kappa shape index (κ1) is 6.53. The zero-order valence-electron chi connectivity index (χ0n) is 5.60. The Labute approximate surface area is 55.8 Å². The molecule has 0 aromatic carbocycles. The summed E-state index contributed by atoms with van der Waals surface area (Å²) < 4.78 is 0. The lowest BCUT2D eigenvalue weighted by Crippen LogP contribution is -1.78. The van der Waals surface area contributed by atoms with Gasteiger partial charge >= 0.3 is 0 Å². The Morgan fingerprint density at radius 1 is 1.78 bits per heavy atom. The summed E-state index contributed by atoms with van der Waals surface area (Å²) in [7, 11) is 0. The number of hydrogen-bond acceptors (Lipinski definition) is 1. The van der Waals surface area contributed by atoms with E-state index in [9.17, 15) is 4.79 Å². The van der Waals surface area contributed by atoms with E-state index in [1.54, 1.807) is 0 Å². The number of carbonyl (C=O) groups is 1. The Morgan fingerprint density at radius 2 is 2.44 bits per heavy atom. The highest BCUT2D eigenvalue weighted by Crippen LogP contribution is 2.39. The van der Waals surface area contributed by atoms with Crippen molar-refractivity contribution < 1.29 is 4.79 Å². The molecule has 1 unspecified atom stereocenters. The van der Waals surface area contributed by atoms with Crippen LogP contribution in [0.5, 0.6) is 0 Å². The van der Waals surface area contributed by atoms with Crippen molar-refractivity contribution in [2.45, 2.75) is 25.7 Å². The van der Waals surface area contributed by atoms with E-state index in [4.69, 9.17) is 0 Å². The maximum Gasteiger partial charge on any atom is 0.119 e. The van der Waals surface area contributed by atoms with Gasteiger partial charge in [0, 0.05) is 6.42 Å². The first-order valence-electron chi connectivity index (χ1n) is 3.46. The van der Waals surface area contributed by atoms with Gasteiger partial charge in [-0.3, -0.25) is 0 Å². The monoisotopic (exact) mass is 124 g/mol. The van der Waals surface area contributed by atoms with Gasteiger partial charge in [-0.25, -0.2) is 0 Å². The fraction of sp³-hybridized carbons (Fsp3) is 0.625. The lowest BCUT2D eigenvalue weighted by atomic mass is 10.2. The van der Waals surface area contributed by atoms with Crippen LogP contribution in [0.3, 0.4) is 0 Å². The van der Waals surface area contributed by atoms with Crippen LogP contribution in [0.4, 0.5) is 0 Å². The molecule has 0 radical (unpaired) electrons. The first-order chi connectivity index (χ1) is 4.34. The zero-order chi connectivity index (χ0) is 6.69. The second kappa shape index (κ2) is 2.81. The average molecular weight is 124 g/mol. The third-order valence-electron chi connectivity index (χ3n) is 1.80. The topological polar surface area (TPSA) is 17.1 Å². The standard InChI is InChI=1S/C8H12O/c1-7-6-8(7)4-2-3-5-9/h5,8H,1-4,6H2. The Hall–Kier alpha value is -0.590. The molecule has 1 aliphatic rings. The van der Waals surface area contributed by atoms with Gasteiger partial charge in [0.2, 0.25) is 0 Å². The molecule has 0 N–H and O–H groups in total. The molecule has 1 atom stereocenters. The van der Waals surface area contributed by atoms with E-state index in [1.165, 1.54) is 18.4 Å². The lowest BCUT2D eigenvalue weighted by Gasteiger charge is -1.88. The van der Waals surface area contributed by atoms with E-state index in [2.05, 4.69) is 6.58 Å². The minimum atomic E-state index is 0.726. The van der Waals surface area contributed by atoms with Crippen molar-refractivity contribution in [1.82, 2.24) is 0 Å². The largest absolute Gasteiger partial charge is 0.303 e. The zero-order valence-corrected chi connectivity index (χ0v) is 5.60. The molecule has 0 saturated heterocycles. The predicted octanol–water partition coefficient (Wildman–Crippen LogP) is 1.93.